The highest BCUT2D eigenvalue weighted by atomic mass is 35.5. The van der Waals surface area contributed by atoms with Crippen molar-refractivity contribution in [1.82, 2.24) is 20.0 Å². The number of nitrogens with zero attached hydrogens (tertiary/aromatic N) is 4. The van der Waals surface area contributed by atoms with Gasteiger partial charge in [-0.2, -0.15) is 5.10 Å². The summed E-state index contributed by atoms with van der Waals surface area (Å²) in [5.74, 6) is 0. The van der Waals surface area contributed by atoms with Crippen LogP contribution in [0.1, 0.15) is 11.6 Å². The quantitative estimate of drug-likeness (QED) is 0.608. The second kappa shape index (κ2) is 9.94. The molecule has 1 atom stereocenters. The predicted octanol–water partition coefficient (Wildman–Crippen LogP) is 2.93. The number of piperazine rings is 1. The van der Waals surface area contributed by atoms with E-state index in [0.717, 1.165) is 36.8 Å². The number of halogens is 3. The molecule has 1 N–H and O–H groups in total. The third-order valence-electron chi connectivity index (χ3n) is 4.07. The van der Waals surface area contributed by atoms with Gasteiger partial charge >= 0.3 is 5.69 Å². The summed E-state index contributed by atoms with van der Waals surface area (Å²) in [5, 5.41) is 18.9. The number of nitrogens with one attached hydrogen (secondary N) is 1. The molecule has 0 spiro atoms. The number of hydrogen-bond acceptors (Lipinski definition) is 5. The Labute approximate surface area is 163 Å². The molecule has 0 bridgehead atoms. The Hall–Kier alpha value is -1.38. The average molecular weight is 409 g/mol. The zero-order valence-electron chi connectivity index (χ0n) is 13.4. The van der Waals surface area contributed by atoms with Gasteiger partial charge in [0.2, 0.25) is 0 Å². The van der Waals surface area contributed by atoms with Crippen molar-refractivity contribution in [3.63, 3.8) is 0 Å². The number of rotatable bonds is 5. The average Bonchev–Trinajstić information content (AvgIpc) is 3.03. The van der Waals surface area contributed by atoms with Crippen LogP contribution in [-0.2, 0) is 6.54 Å². The topological polar surface area (TPSA) is 76.2 Å². The van der Waals surface area contributed by atoms with Crippen molar-refractivity contribution >= 4 is 42.1 Å². The van der Waals surface area contributed by atoms with Gasteiger partial charge in [0.1, 0.15) is 12.4 Å². The summed E-state index contributed by atoms with van der Waals surface area (Å²) in [4.78, 5) is 12.6. The normalized spacial score (nSPS) is 17.4. The number of aromatic nitrogens is 2. The Morgan fingerprint density at radius 2 is 2.08 bits per heavy atom. The Kier molecular flexibility index (Phi) is 8.61. The molecule has 10 heteroatoms. The standard InChI is InChI=1S/C15H18ClN5O2.2ClH/c16-14-4-2-1-3-13(14)15-10-17-5-6-19(15)7-8-20-11-12(9-18-20)21(22)23;;/h1-4,9,11,15,17H,5-8,10H2;2*1H. The second-order valence-corrected chi connectivity index (χ2v) is 5.90. The molecule has 0 saturated carbocycles. The SMILES string of the molecule is Cl.Cl.O=[N+]([O-])c1cnn(CCN2CCNCC2c2ccccc2Cl)c1. The molecular formula is C15H20Cl3N5O2. The first-order valence-electron chi connectivity index (χ1n) is 7.51. The maximum atomic E-state index is 10.7. The van der Waals surface area contributed by atoms with E-state index in [0.29, 0.717) is 6.54 Å². The summed E-state index contributed by atoms with van der Waals surface area (Å²) in [6, 6.07) is 8.06. The van der Waals surface area contributed by atoms with Crippen LogP contribution in [0.4, 0.5) is 5.69 Å². The molecule has 2 heterocycles. The highest BCUT2D eigenvalue weighted by molar-refractivity contribution is 6.31. The summed E-state index contributed by atoms with van der Waals surface area (Å²) in [7, 11) is 0. The lowest BCUT2D eigenvalue weighted by Gasteiger charge is -2.36. The van der Waals surface area contributed by atoms with Gasteiger partial charge in [0.15, 0.2) is 0 Å². The monoisotopic (exact) mass is 407 g/mol. The molecule has 1 aromatic heterocycles. The van der Waals surface area contributed by atoms with Crippen LogP contribution in [0.2, 0.25) is 5.02 Å². The van der Waals surface area contributed by atoms with Crippen LogP contribution in [0, 0.1) is 10.1 Å². The summed E-state index contributed by atoms with van der Waals surface area (Å²) < 4.78 is 1.61. The van der Waals surface area contributed by atoms with E-state index in [1.807, 2.05) is 24.3 Å². The molecule has 1 aromatic carbocycles. The van der Waals surface area contributed by atoms with E-state index in [1.165, 1.54) is 12.4 Å². The fourth-order valence-electron chi connectivity index (χ4n) is 2.87. The Morgan fingerprint density at radius 1 is 1.32 bits per heavy atom. The van der Waals surface area contributed by atoms with Crippen LogP contribution < -0.4 is 5.32 Å². The summed E-state index contributed by atoms with van der Waals surface area (Å²) in [6.07, 6.45) is 2.75. The van der Waals surface area contributed by atoms with Gasteiger partial charge in [-0.1, -0.05) is 29.8 Å². The maximum Gasteiger partial charge on any atom is 0.306 e. The largest absolute Gasteiger partial charge is 0.314 e. The minimum atomic E-state index is -0.430. The Morgan fingerprint density at radius 3 is 2.76 bits per heavy atom. The van der Waals surface area contributed by atoms with E-state index in [-0.39, 0.29) is 36.5 Å². The van der Waals surface area contributed by atoms with Crippen molar-refractivity contribution in [3.8, 4) is 0 Å². The number of hydrogen-bond donors (Lipinski definition) is 1. The van der Waals surface area contributed by atoms with Gasteiger partial charge < -0.3 is 5.32 Å². The van der Waals surface area contributed by atoms with Gasteiger partial charge in [0.25, 0.3) is 0 Å². The fraction of sp³-hybridized carbons (Fsp3) is 0.400. The van der Waals surface area contributed by atoms with Crippen molar-refractivity contribution in [2.24, 2.45) is 0 Å². The molecule has 0 radical (unpaired) electrons. The van der Waals surface area contributed by atoms with E-state index < -0.39 is 4.92 Å². The zero-order chi connectivity index (χ0) is 16.2. The molecule has 1 aliphatic rings. The first-order valence-corrected chi connectivity index (χ1v) is 7.89. The Bertz CT molecular complexity index is 697. The van der Waals surface area contributed by atoms with Crippen molar-refractivity contribution in [2.75, 3.05) is 26.2 Å². The summed E-state index contributed by atoms with van der Waals surface area (Å²) in [5.41, 5.74) is 1.13. The molecule has 2 aromatic rings. The van der Waals surface area contributed by atoms with Crippen molar-refractivity contribution in [2.45, 2.75) is 12.6 Å². The van der Waals surface area contributed by atoms with Gasteiger partial charge in [0, 0.05) is 37.2 Å². The van der Waals surface area contributed by atoms with E-state index in [4.69, 9.17) is 11.6 Å². The third-order valence-corrected chi connectivity index (χ3v) is 4.41. The first-order chi connectivity index (χ1) is 11.1. The lowest BCUT2D eigenvalue weighted by Crippen LogP contribution is -2.47. The molecule has 7 nitrogen and oxygen atoms in total. The molecule has 1 saturated heterocycles. The lowest BCUT2D eigenvalue weighted by atomic mass is 10.0. The highest BCUT2D eigenvalue weighted by Gasteiger charge is 2.25. The fourth-order valence-corrected chi connectivity index (χ4v) is 3.13. The molecule has 1 fully saturated rings. The van der Waals surface area contributed by atoms with Gasteiger partial charge in [-0.15, -0.1) is 24.8 Å². The van der Waals surface area contributed by atoms with Gasteiger partial charge in [-0.05, 0) is 11.6 Å². The lowest BCUT2D eigenvalue weighted by molar-refractivity contribution is -0.385. The van der Waals surface area contributed by atoms with Crippen LogP contribution in [-0.4, -0.2) is 45.8 Å². The second-order valence-electron chi connectivity index (χ2n) is 5.50. The zero-order valence-corrected chi connectivity index (χ0v) is 15.8. The molecule has 3 rings (SSSR count). The van der Waals surface area contributed by atoms with E-state index in [1.54, 1.807) is 4.68 Å². The molecular weight excluding hydrogens is 389 g/mol. The highest BCUT2D eigenvalue weighted by Crippen LogP contribution is 2.28. The van der Waals surface area contributed by atoms with Crippen LogP contribution >= 0.6 is 36.4 Å². The predicted molar refractivity (Wildman–Crippen MR) is 102 cm³/mol. The summed E-state index contributed by atoms with van der Waals surface area (Å²) in [6.45, 7) is 4.02. The van der Waals surface area contributed by atoms with Gasteiger partial charge in [-0.25, -0.2) is 0 Å². The van der Waals surface area contributed by atoms with Crippen molar-refractivity contribution in [3.05, 3.63) is 57.4 Å². The molecule has 1 unspecified atom stereocenters. The van der Waals surface area contributed by atoms with Gasteiger partial charge in [-0.3, -0.25) is 19.7 Å². The smallest absolute Gasteiger partial charge is 0.306 e. The van der Waals surface area contributed by atoms with Crippen LogP contribution in [0.25, 0.3) is 0 Å². The van der Waals surface area contributed by atoms with E-state index in [2.05, 4.69) is 15.3 Å². The van der Waals surface area contributed by atoms with Gasteiger partial charge in [0.05, 0.1) is 11.5 Å². The maximum absolute atomic E-state index is 10.7. The van der Waals surface area contributed by atoms with Crippen molar-refractivity contribution < 1.29 is 4.92 Å². The minimum absolute atomic E-state index is 0. The third kappa shape index (κ3) is 5.29. The minimum Gasteiger partial charge on any atom is -0.314 e. The summed E-state index contributed by atoms with van der Waals surface area (Å²) >= 11 is 6.33. The Balaban J connectivity index is 0.00000156. The number of nitro groups is 1. The van der Waals surface area contributed by atoms with E-state index in [9.17, 15) is 10.1 Å². The van der Waals surface area contributed by atoms with Crippen LogP contribution in [0.15, 0.2) is 36.7 Å². The van der Waals surface area contributed by atoms with Crippen molar-refractivity contribution in [1.29, 1.82) is 0 Å². The molecule has 1 aliphatic heterocycles. The molecule has 0 aliphatic carbocycles. The molecule has 0 amide bonds. The van der Waals surface area contributed by atoms with Crippen LogP contribution in [0.3, 0.4) is 0 Å². The molecule has 138 valence electrons. The molecule has 25 heavy (non-hydrogen) atoms. The first kappa shape index (κ1) is 21.7. The van der Waals surface area contributed by atoms with Crippen LogP contribution in [0.5, 0.6) is 0 Å². The number of benzene rings is 1. The van der Waals surface area contributed by atoms with E-state index >= 15 is 0 Å².